The van der Waals surface area contributed by atoms with Crippen LogP contribution in [0.25, 0.3) is 6.08 Å². The van der Waals surface area contributed by atoms with E-state index in [9.17, 15) is 19.7 Å². The first-order valence-corrected chi connectivity index (χ1v) is 10.9. The Hall–Kier alpha value is -3.33. The van der Waals surface area contributed by atoms with E-state index in [0.717, 1.165) is 48.3 Å². The minimum Gasteiger partial charge on any atom is -0.313 e. The molecule has 8 nitrogen and oxygen atoms in total. The lowest BCUT2D eigenvalue weighted by atomic mass is 10.1. The number of nitrogens with zero attached hydrogens (tertiary/aromatic N) is 2. The van der Waals surface area contributed by atoms with E-state index < -0.39 is 10.8 Å². The first-order chi connectivity index (χ1) is 14.8. The predicted molar refractivity (Wildman–Crippen MR) is 123 cm³/mol. The van der Waals surface area contributed by atoms with E-state index in [2.05, 4.69) is 15.8 Å². The van der Waals surface area contributed by atoms with Crippen molar-refractivity contribution in [3.05, 3.63) is 62.0 Å². The van der Waals surface area contributed by atoms with Gasteiger partial charge < -0.3 is 5.32 Å². The van der Waals surface area contributed by atoms with Gasteiger partial charge in [0.15, 0.2) is 0 Å². The van der Waals surface area contributed by atoms with Crippen LogP contribution in [0.4, 0.5) is 10.7 Å². The number of benzene rings is 1. The van der Waals surface area contributed by atoms with E-state index in [4.69, 9.17) is 0 Å². The molecule has 1 heterocycles. The Morgan fingerprint density at radius 2 is 1.97 bits per heavy atom. The number of hydrazone groups is 1. The van der Waals surface area contributed by atoms with E-state index in [0.29, 0.717) is 16.1 Å². The third kappa shape index (κ3) is 5.85. The third-order valence-corrected chi connectivity index (χ3v) is 5.98. The van der Waals surface area contributed by atoms with Gasteiger partial charge >= 0.3 is 0 Å². The topological polar surface area (TPSA) is 114 Å². The van der Waals surface area contributed by atoms with Gasteiger partial charge in [0.2, 0.25) is 5.91 Å². The summed E-state index contributed by atoms with van der Waals surface area (Å²) in [4.78, 5) is 36.9. The summed E-state index contributed by atoms with van der Waals surface area (Å²) in [7, 11) is 0. The van der Waals surface area contributed by atoms with Crippen LogP contribution < -0.4 is 10.7 Å². The summed E-state index contributed by atoms with van der Waals surface area (Å²) in [5, 5.41) is 18.2. The van der Waals surface area contributed by atoms with Crippen molar-refractivity contribution >= 4 is 45.6 Å². The molecule has 2 amide bonds. The highest BCUT2D eigenvalue weighted by atomic mass is 32.1. The number of carbonyl (C=O) groups excluding carboxylic acids is 2. The van der Waals surface area contributed by atoms with Crippen molar-refractivity contribution in [1.29, 1.82) is 0 Å². The van der Waals surface area contributed by atoms with Crippen LogP contribution in [0.3, 0.4) is 0 Å². The highest BCUT2D eigenvalue weighted by Crippen LogP contribution is 2.37. The number of aryl methyl sites for hydroxylation is 1. The van der Waals surface area contributed by atoms with Gasteiger partial charge in [-0.2, -0.15) is 5.10 Å². The quantitative estimate of drug-likeness (QED) is 0.223. The summed E-state index contributed by atoms with van der Waals surface area (Å²) in [6, 6.07) is 6.02. The molecule has 0 aliphatic heterocycles. The third-order valence-electron chi connectivity index (χ3n) is 4.77. The maximum atomic E-state index is 12.8. The Labute approximate surface area is 184 Å². The van der Waals surface area contributed by atoms with Crippen molar-refractivity contribution < 1.29 is 14.5 Å². The number of nitro benzene ring substituents is 1. The summed E-state index contributed by atoms with van der Waals surface area (Å²) in [6.07, 6.45) is 7.66. The standard InChI is InChI=1S/C22H24N4O4S/c1-14(2)24-25-21(28)20-17-9-4-3-5-10-18(17)31-22(20)23-19(27)12-11-15-7-6-8-16(13-15)26(29)30/h6-8,11-13H,3-5,9-10H2,1-2H3,(H,23,27)(H,25,28). The van der Waals surface area contributed by atoms with Crippen molar-refractivity contribution in [2.75, 3.05) is 5.32 Å². The van der Waals surface area contributed by atoms with Crippen LogP contribution in [-0.4, -0.2) is 22.4 Å². The van der Waals surface area contributed by atoms with Gasteiger partial charge in [0, 0.05) is 28.8 Å². The maximum absolute atomic E-state index is 12.8. The number of hydrogen-bond donors (Lipinski definition) is 2. The Morgan fingerprint density at radius 3 is 2.71 bits per heavy atom. The van der Waals surface area contributed by atoms with Gasteiger partial charge in [-0.05, 0) is 56.7 Å². The molecule has 1 aliphatic carbocycles. The van der Waals surface area contributed by atoms with E-state index in [1.165, 1.54) is 35.6 Å². The van der Waals surface area contributed by atoms with E-state index in [1.54, 1.807) is 26.0 Å². The number of carbonyl (C=O) groups is 2. The smallest absolute Gasteiger partial charge is 0.274 e. The number of nitro groups is 1. The number of amides is 2. The van der Waals surface area contributed by atoms with Crippen LogP contribution in [0.15, 0.2) is 35.4 Å². The Kier molecular flexibility index (Phi) is 7.30. The molecule has 9 heteroatoms. The number of anilines is 1. The molecular formula is C22H24N4O4S. The van der Waals surface area contributed by atoms with Crippen molar-refractivity contribution in [3.8, 4) is 0 Å². The number of fused-ring (bicyclic) bond motifs is 1. The van der Waals surface area contributed by atoms with E-state index in [-0.39, 0.29) is 11.6 Å². The van der Waals surface area contributed by atoms with Crippen molar-refractivity contribution in [3.63, 3.8) is 0 Å². The van der Waals surface area contributed by atoms with Gasteiger partial charge in [0.25, 0.3) is 11.6 Å². The number of non-ortho nitro benzene ring substituents is 1. The molecule has 2 N–H and O–H groups in total. The zero-order valence-electron chi connectivity index (χ0n) is 17.4. The average Bonchev–Trinajstić information content (AvgIpc) is 2.90. The molecule has 0 radical (unpaired) electrons. The average molecular weight is 441 g/mol. The maximum Gasteiger partial charge on any atom is 0.274 e. The summed E-state index contributed by atoms with van der Waals surface area (Å²) < 4.78 is 0. The normalized spacial score (nSPS) is 13.2. The summed E-state index contributed by atoms with van der Waals surface area (Å²) in [6.45, 7) is 3.58. The number of hydrogen-bond acceptors (Lipinski definition) is 6. The molecule has 3 rings (SSSR count). The molecule has 162 valence electrons. The van der Waals surface area contributed by atoms with Crippen molar-refractivity contribution in [1.82, 2.24) is 5.43 Å². The number of rotatable bonds is 6. The van der Waals surface area contributed by atoms with Crippen LogP contribution in [-0.2, 0) is 17.6 Å². The summed E-state index contributed by atoms with van der Waals surface area (Å²) in [5.41, 5.74) is 5.24. The molecular weight excluding hydrogens is 416 g/mol. The summed E-state index contributed by atoms with van der Waals surface area (Å²) in [5.74, 6) is -0.745. The fourth-order valence-electron chi connectivity index (χ4n) is 3.36. The van der Waals surface area contributed by atoms with Gasteiger partial charge in [0.05, 0.1) is 10.5 Å². The van der Waals surface area contributed by atoms with Crippen LogP contribution >= 0.6 is 11.3 Å². The second kappa shape index (κ2) is 10.1. The monoisotopic (exact) mass is 440 g/mol. The predicted octanol–water partition coefficient (Wildman–Crippen LogP) is 4.70. The van der Waals surface area contributed by atoms with Crippen molar-refractivity contribution in [2.45, 2.75) is 46.0 Å². The molecule has 0 saturated carbocycles. The van der Waals surface area contributed by atoms with Gasteiger partial charge in [-0.15, -0.1) is 11.3 Å². The van der Waals surface area contributed by atoms with Crippen LogP contribution in [0.2, 0.25) is 0 Å². The zero-order valence-corrected chi connectivity index (χ0v) is 18.3. The first-order valence-electron chi connectivity index (χ1n) is 10.0. The second-order valence-electron chi connectivity index (χ2n) is 7.44. The van der Waals surface area contributed by atoms with Crippen LogP contribution in [0, 0.1) is 10.1 Å². The summed E-state index contributed by atoms with van der Waals surface area (Å²) >= 11 is 1.43. The molecule has 0 saturated heterocycles. The Morgan fingerprint density at radius 1 is 1.19 bits per heavy atom. The minimum absolute atomic E-state index is 0.0460. The molecule has 31 heavy (non-hydrogen) atoms. The molecule has 1 aromatic carbocycles. The van der Waals surface area contributed by atoms with Crippen molar-refractivity contribution in [2.24, 2.45) is 5.10 Å². The Bertz CT molecular complexity index is 1070. The fourth-order valence-corrected chi connectivity index (χ4v) is 4.65. The lowest BCUT2D eigenvalue weighted by molar-refractivity contribution is -0.384. The molecule has 0 spiro atoms. The lowest BCUT2D eigenvalue weighted by Gasteiger charge is -2.07. The highest BCUT2D eigenvalue weighted by Gasteiger charge is 2.25. The first kappa shape index (κ1) is 22.4. The SMILES string of the molecule is CC(C)=NNC(=O)c1c(NC(=O)C=Cc2cccc([N+](=O)[O-])c2)sc2c1CCCCC2. The molecule has 0 bridgehead atoms. The van der Waals surface area contributed by atoms with Crippen LogP contribution in [0.5, 0.6) is 0 Å². The second-order valence-corrected chi connectivity index (χ2v) is 8.55. The Balaban J connectivity index is 1.83. The van der Waals surface area contributed by atoms with Gasteiger partial charge in [-0.25, -0.2) is 5.43 Å². The molecule has 0 atom stereocenters. The number of nitrogens with one attached hydrogen (secondary N) is 2. The number of thiophene rings is 1. The van der Waals surface area contributed by atoms with E-state index >= 15 is 0 Å². The highest BCUT2D eigenvalue weighted by molar-refractivity contribution is 7.17. The van der Waals surface area contributed by atoms with Gasteiger partial charge in [-0.1, -0.05) is 18.6 Å². The van der Waals surface area contributed by atoms with Crippen LogP contribution in [0.1, 0.15) is 59.5 Å². The molecule has 1 aliphatic rings. The fraction of sp³-hybridized carbons (Fsp3) is 0.318. The van der Waals surface area contributed by atoms with Gasteiger partial charge in [-0.3, -0.25) is 19.7 Å². The zero-order chi connectivity index (χ0) is 22.4. The molecule has 0 unspecified atom stereocenters. The molecule has 0 fully saturated rings. The van der Waals surface area contributed by atoms with Gasteiger partial charge in [0.1, 0.15) is 5.00 Å². The lowest BCUT2D eigenvalue weighted by Crippen LogP contribution is -2.21. The van der Waals surface area contributed by atoms with E-state index in [1.807, 2.05) is 0 Å². The molecule has 1 aromatic heterocycles. The minimum atomic E-state index is -0.485. The molecule has 2 aromatic rings. The largest absolute Gasteiger partial charge is 0.313 e.